The second kappa shape index (κ2) is 4.37. The minimum Gasteiger partial charge on any atom is -0.366 e. The Hall–Kier alpha value is -0.900. The molecule has 0 aromatic carbocycles. The third kappa shape index (κ3) is 3.14. The van der Waals surface area contributed by atoms with Crippen LogP contribution in [0.5, 0.6) is 0 Å². The quantitative estimate of drug-likeness (QED) is 0.811. The molecule has 1 aromatic heterocycles. The number of anilines is 1. The predicted octanol–water partition coefficient (Wildman–Crippen LogP) is 1.98. The first-order valence-electron chi connectivity index (χ1n) is 4.21. The van der Waals surface area contributed by atoms with Gasteiger partial charge in [-0.15, -0.1) is 5.10 Å². The summed E-state index contributed by atoms with van der Waals surface area (Å²) in [4.78, 5) is 3.98. The van der Waals surface area contributed by atoms with E-state index in [1.54, 1.807) is 6.20 Å². The second-order valence-electron chi connectivity index (χ2n) is 3.29. The van der Waals surface area contributed by atoms with Crippen molar-refractivity contribution in [3.05, 3.63) is 11.5 Å². The van der Waals surface area contributed by atoms with Crippen molar-refractivity contribution >= 4 is 17.4 Å². The smallest absolute Gasteiger partial charge is 0.244 e. The van der Waals surface area contributed by atoms with E-state index in [0.717, 1.165) is 0 Å². The third-order valence-electron chi connectivity index (χ3n) is 1.91. The molecule has 1 N–H and O–H groups in total. The molecule has 0 amide bonds. The molecule has 5 heteroatoms. The van der Waals surface area contributed by atoms with Crippen LogP contribution in [-0.2, 0) is 0 Å². The first-order valence-corrected chi connectivity index (χ1v) is 4.59. The summed E-state index contributed by atoms with van der Waals surface area (Å²) < 4.78 is 0. The maximum atomic E-state index is 5.58. The third-order valence-corrected chi connectivity index (χ3v) is 2.07. The molecule has 0 aliphatic carbocycles. The van der Waals surface area contributed by atoms with E-state index >= 15 is 0 Å². The van der Waals surface area contributed by atoms with Crippen molar-refractivity contribution < 1.29 is 0 Å². The van der Waals surface area contributed by atoms with Gasteiger partial charge in [-0.1, -0.05) is 13.8 Å². The Balaban J connectivity index is 2.64. The van der Waals surface area contributed by atoms with Gasteiger partial charge in [0.1, 0.15) is 5.82 Å². The van der Waals surface area contributed by atoms with Crippen LogP contribution in [0.3, 0.4) is 0 Å². The highest BCUT2D eigenvalue weighted by Gasteiger charge is 2.07. The summed E-state index contributed by atoms with van der Waals surface area (Å²) in [5.74, 6) is 1.20. The van der Waals surface area contributed by atoms with Crippen molar-refractivity contribution in [1.82, 2.24) is 15.2 Å². The zero-order valence-electron chi connectivity index (χ0n) is 7.95. The molecule has 0 radical (unpaired) electrons. The van der Waals surface area contributed by atoms with E-state index in [9.17, 15) is 0 Å². The van der Waals surface area contributed by atoms with Crippen LogP contribution < -0.4 is 5.32 Å². The number of hydrogen-bond acceptors (Lipinski definition) is 4. The van der Waals surface area contributed by atoms with Gasteiger partial charge < -0.3 is 5.32 Å². The van der Waals surface area contributed by atoms with Crippen molar-refractivity contribution in [2.24, 2.45) is 5.92 Å². The van der Waals surface area contributed by atoms with Crippen molar-refractivity contribution in [1.29, 1.82) is 0 Å². The van der Waals surface area contributed by atoms with Crippen molar-refractivity contribution in [3.63, 3.8) is 0 Å². The molecular weight excluding hydrogens is 188 g/mol. The molecule has 0 aliphatic rings. The lowest BCUT2D eigenvalue weighted by Gasteiger charge is -2.17. The van der Waals surface area contributed by atoms with Crippen molar-refractivity contribution in [3.8, 4) is 0 Å². The molecular formula is C8H13ClN4. The zero-order chi connectivity index (χ0) is 9.84. The Bertz CT molecular complexity index is 277. The fourth-order valence-corrected chi connectivity index (χ4v) is 0.886. The summed E-state index contributed by atoms with van der Waals surface area (Å²) in [6.07, 6.45) is 1.56. The second-order valence-corrected chi connectivity index (χ2v) is 3.63. The van der Waals surface area contributed by atoms with Gasteiger partial charge in [0.05, 0.1) is 6.20 Å². The van der Waals surface area contributed by atoms with Gasteiger partial charge in [-0.05, 0) is 24.4 Å². The largest absolute Gasteiger partial charge is 0.366 e. The van der Waals surface area contributed by atoms with Gasteiger partial charge in [0.15, 0.2) is 0 Å². The molecule has 1 unspecified atom stereocenters. The number of nitrogens with zero attached hydrogens (tertiary/aromatic N) is 3. The summed E-state index contributed by atoms with van der Waals surface area (Å²) >= 11 is 5.58. The van der Waals surface area contributed by atoms with Gasteiger partial charge in [0, 0.05) is 6.04 Å². The Kier molecular flexibility index (Phi) is 3.42. The number of hydrogen-bond donors (Lipinski definition) is 1. The Labute approximate surface area is 82.7 Å². The molecule has 0 spiro atoms. The Morgan fingerprint density at radius 3 is 2.62 bits per heavy atom. The molecule has 1 atom stereocenters. The molecule has 1 rings (SSSR count). The molecule has 0 saturated carbocycles. The molecule has 0 saturated heterocycles. The molecule has 72 valence electrons. The van der Waals surface area contributed by atoms with Crippen LogP contribution in [0.1, 0.15) is 20.8 Å². The molecule has 1 aromatic rings. The predicted molar refractivity (Wildman–Crippen MR) is 52.8 cm³/mol. The van der Waals surface area contributed by atoms with Crippen LogP contribution in [0, 0.1) is 5.92 Å². The molecule has 13 heavy (non-hydrogen) atoms. The van der Waals surface area contributed by atoms with E-state index in [2.05, 4.69) is 41.3 Å². The average Bonchev–Trinajstić information content (AvgIpc) is 2.04. The van der Waals surface area contributed by atoms with Gasteiger partial charge in [-0.25, -0.2) is 0 Å². The summed E-state index contributed by atoms with van der Waals surface area (Å²) in [5, 5.41) is 10.6. The van der Waals surface area contributed by atoms with Crippen molar-refractivity contribution in [2.45, 2.75) is 26.8 Å². The normalized spacial score (nSPS) is 13.0. The lowest BCUT2D eigenvalue weighted by Crippen LogP contribution is -2.22. The van der Waals surface area contributed by atoms with Gasteiger partial charge in [0.2, 0.25) is 5.28 Å². The molecule has 1 heterocycles. The maximum absolute atomic E-state index is 5.58. The summed E-state index contributed by atoms with van der Waals surface area (Å²) in [6.45, 7) is 6.35. The molecule has 0 bridgehead atoms. The lowest BCUT2D eigenvalue weighted by molar-refractivity contribution is 0.557. The topological polar surface area (TPSA) is 50.7 Å². The van der Waals surface area contributed by atoms with E-state index in [0.29, 0.717) is 17.8 Å². The van der Waals surface area contributed by atoms with E-state index in [1.807, 2.05) is 0 Å². The Morgan fingerprint density at radius 1 is 1.38 bits per heavy atom. The van der Waals surface area contributed by atoms with Gasteiger partial charge >= 0.3 is 0 Å². The fraction of sp³-hybridized carbons (Fsp3) is 0.625. The van der Waals surface area contributed by atoms with Crippen LogP contribution in [0.4, 0.5) is 5.82 Å². The Morgan fingerprint density at radius 2 is 2.08 bits per heavy atom. The molecule has 4 nitrogen and oxygen atoms in total. The van der Waals surface area contributed by atoms with Gasteiger partial charge in [-0.3, -0.25) is 0 Å². The van der Waals surface area contributed by atoms with E-state index in [1.165, 1.54) is 0 Å². The highest BCUT2D eigenvalue weighted by molar-refractivity contribution is 6.28. The van der Waals surface area contributed by atoms with Gasteiger partial charge in [-0.2, -0.15) is 10.1 Å². The number of halogens is 1. The van der Waals surface area contributed by atoms with Crippen LogP contribution >= 0.6 is 11.6 Å². The van der Waals surface area contributed by atoms with Crippen LogP contribution in [0.25, 0.3) is 0 Å². The van der Waals surface area contributed by atoms with Crippen LogP contribution in [0.2, 0.25) is 5.28 Å². The standard InChI is InChI=1S/C8H13ClN4/c1-5(2)6(3)11-7-4-10-13-8(9)12-7/h4-6H,1-3H3,(H,11,12,13). The number of aromatic nitrogens is 3. The highest BCUT2D eigenvalue weighted by atomic mass is 35.5. The van der Waals surface area contributed by atoms with Crippen molar-refractivity contribution in [2.75, 3.05) is 5.32 Å². The monoisotopic (exact) mass is 200 g/mol. The fourth-order valence-electron chi connectivity index (χ4n) is 0.751. The summed E-state index contributed by atoms with van der Waals surface area (Å²) in [6, 6.07) is 0.341. The maximum Gasteiger partial charge on any atom is 0.244 e. The van der Waals surface area contributed by atoms with Crippen LogP contribution in [0.15, 0.2) is 6.20 Å². The minimum atomic E-state index is 0.168. The molecule has 0 aliphatic heterocycles. The number of nitrogens with one attached hydrogen (secondary N) is 1. The zero-order valence-corrected chi connectivity index (χ0v) is 8.71. The summed E-state index contributed by atoms with van der Waals surface area (Å²) in [7, 11) is 0. The first kappa shape index (κ1) is 10.2. The van der Waals surface area contributed by atoms with Gasteiger partial charge in [0.25, 0.3) is 0 Å². The van der Waals surface area contributed by atoms with E-state index in [-0.39, 0.29) is 5.28 Å². The lowest BCUT2D eigenvalue weighted by atomic mass is 10.1. The SMILES string of the molecule is CC(C)C(C)Nc1cnnc(Cl)n1. The van der Waals surface area contributed by atoms with E-state index < -0.39 is 0 Å². The summed E-state index contributed by atoms with van der Waals surface area (Å²) in [5.41, 5.74) is 0. The van der Waals surface area contributed by atoms with Crippen LogP contribution in [-0.4, -0.2) is 21.2 Å². The number of rotatable bonds is 3. The average molecular weight is 201 g/mol. The first-order chi connectivity index (χ1) is 6.09. The van der Waals surface area contributed by atoms with E-state index in [4.69, 9.17) is 11.6 Å². The highest BCUT2D eigenvalue weighted by Crippen LogP contribution is 2.09. The molecule has 0 fully saturated rings. The minimum absolute atomic E-state index is 0.168.